The normalized spacial score (nSPS) is 10.4. The number of phenols is 1. The maximum absolute atomic E-state index is 10.6. The maximum Gasteiger partial charge on any atom is 0.119 e. The highest BCUT2D eigenvalue weighted by molar-refractivity contribution is 5.64. The zero-order valence-electron chi connectivity index (χ0n) is 23.2. The highest BCUT2D eigenvalue weighted by atomic mass is 16.3. The Bertz CT molecular complexity index is 1300. The van der Waals surface area contributed by atoms with Gasteiger partial charge in [-0.25, -0.2) is 0 Å². The predicted octanol–water partition coefficient (Wildman–Crippen LogP) is 7.47. The van der Waals surface area contributed by atoms with Crippen LogP contribution in [0.3, 0.4) is 0 Å². The first-order valence-electron chi connectivity index (χ1n) is 13.5. The van der Waals surface area contributed by atoms with Crippen molar-refractivity contribution in [2.45, 2.75) is 46.6 Å². The predicted molar refractivity (Wildman–Crippen MR) is 162 cm³/mol. The third-order valence-electron chi connectivity index (χ3n) is 6.84. The van der Waals surface area contributed by atoms with Gasteiger partial charge in [-0.1, -0.05) is 110 Å². The minimum atomic E-state index is 0.322. The molecule has 4 aromatic carbocycles. The van der Waals surface area contributed by atoms with Gasteiger partial charge in [0, 0.05) is 30.9 Å². The second kappa shape index (κ2) is 14.8. The van der Waals surface area contributed by atoms with Crippen LogP contribution in [-0.2, 0) is 25.8 Å². The quantitative estimate of drug-likeness (QED) is 0.234. The lowest BCUT2D eigenvalue weighted by Gasteiger charge is -2.27. The molecule has 0 saturated carbocycles. The van der Waals surface area contributed by atoms with E-state index >= 15 is 0 Å². The Morgan fingerprint density at radius 2 is 1.50 bits per heavy atom. The van der Waals surface area contributed by atoms with E-state index in [-0.39, 0.29) is 0 Å². The molecule has 0 saturated heterocycles. The summed E-state index contributed by atoms with van der Waals surface area (Å²) in [6, 6.07) is 33.2. The molecule has 38 heavy (non-hydrogen) atoms. The molecule has 0 atom stereocenters. The lowest BCUT2D eigenvalue weighted by molar-refractivity contribution is 0.400. The van der Waals surface area contributed by atoms with Crippen LogP contribution in [0.15, 0.2) is 104 Å². The molecule has 4 rings (SSSR count). The van der Waals surface area contributed by atoms with Crippen LogP contribution in [0.25, 0.3) is 5.70 Å². The molecule has 0 aromatic heterocycles. The Balaban J connectivity index is 0.000000375. The Labute approximate surface area is 229 Å². The second-order valence-electron chi connectivity index (χ2n) is 9.76. The van der Waals surface area contributed by atoms with Crippen molar-refractivity contribution in [1.82, 2.24) is 4.90 Å². The van der Waals surface area contributed by atoms with Crippen LogP contribution in [0.1, 0.15) is 45.9 Å². The second-order valence-corrected chi connectivity index (χ2v) is 9.76. The van der Waals surface area contributed by atoms with Gasteiger partial charge in [0.25, 0.3) is 0 Å². The summed E-state index contributed by atoms with van der Waals surface area (Å²) in [7, 11) is 0. The Kier molecular flexibility index (Phi) is 11.2. The highest BCUT2D eigenvalue weighted by Crippen LogP contribution is 2.27. The van der Waals surface area contributed by atoms with Gasteiger partial charge < -0.3 is 15.7 Å². The molecule has 0 amide bonds. The number of nitrogens with zero attached hydrogens (tertiary/aromatic N) is 1. The zero-order chi connectivity index (χ0) is 27.3. The van der Waals surface area contributed by atoms with Crippen molar-refractivity contribution in [3.63, 3.8) is 0 Å². The fraction of sp³-hybridized carbons (Fsp3) is 0.257. The minimum absolute atomic E-state index is 0.322. The molecule has 0 spiro atoms. The number of hydrogen-bond acceptors (Lipinski definition) is 3. The molecular weight excluding hydrogens is 464 g/mol. The van der Waals surface area contributed by atoms with E-state index in [4.69, 9.17) is 5.73 Å². The van der Waals surface area contributed by atoms with Gasteiger partial charge in [-0.05, 0) is 67.0 Å². The van der Waals surface area contributed by atoms with Crippen LogP contribution >= 0.6 is 0 Å². The fourth-order valence-corrected chi connectivity index (χ4v) is 4.45. The van der Waals surface area contributed by atoms with E-state index in [1.165, 1.54) is 27.8 Å². The summed E-state index contributed by atoms with van der Waals surface area (Å²) in [5.41, 5.74) is 15.2. The minimum Gasteiger partial charge on any atom is -0.508 e. The van der Waals surface area contributed by atoms with Crippen LogP contribution in [0.5, 0.6) is 5.75 Å². The smallest absolute Gasteiger partial charge is 0.119 e. The summed E-state index contributed by atoms with van der Waals surface area (Å²) >= 11 is 0. The number of aromatic hydroxyl groups is 1. The van der Waals surface area contributed by atoms with Crippen molar-refractivity contribution >= 4 is 5.70 Å². The number of aryl methyl sites for hydroxylation is 5. The molecule has 0 aliphatic heterocycles. The molecule has 198 valence electrons. The monoisotopic (exact) mass is 506 g/mol. The first kappa shape index (κ1) is 28.7. The van der Waals surface area contributed by atoms with Gasteiger partial charge in [0.15, 0.2) is 0 Å². The first-order chi connectivity index (χ1) is 18.4. The molecular formula is C35H42N2O. The Morgan fingerprint density at radius 1 is 0.789 bits per heavy atom. The average molecular weight is 507 g/mol. The molecule has 0 aliphatic carbocycles. The van der Waals surface area contributed by atoms with Gasteiger partial charge in [0.2, 0.25) is 0 Å². The number of benzene rings is 4. The molecule has 0 unspecified atom stereocenters. The van der Waals surface area contributed by atoms with E-state index in [0.717, 1.165) is 42.6 Å². The van der Waals surface area contributed by atoms with Gasteiger partial charge in [0.05, 0.1) is 0 Å². The largest absolute Gasteiger partial charge is 0.508 e. The van der Waals surface area contributed by atoms with E-state index in [1.807, 2.05) is 42.5 Å². The van der Waals surface area contributed by atoms with Crippen molar-refractivity contribution in [2.24, 2.45) is 5.73 Å². The number of hydrogen-bond donors (Lipinski definition) is 2. The highest BCUT2D eigenvalue weighted by Gasteiger charge is 2.13. The topological polar surface area (TPSA) is 49.5 Å². The van der Waals surface area contributed by atoms with E-state index in [0.29, 0.717) is 18.8 Å². The van der Waals surface area contributed by atoms with Crippen molar-refractivity contribution in [3.8, 4) is 5.75 Å². The molecule has 3 heteroatoms. The molecule has 0 bridgehead atoms. The van der Waals surface area contributed by atoms with Gasteiger partial charge in [-0.2, -0.15) is 0 Å². The summed E-state index contributed by atoms with van der Waals surface area (Å²) in [5, 5.41) is 10.6. The van der Waals surface area contributed by atoms with Gasteiger partial charge >= 0.3 is 0 Å². The van der Waals surface area contributed by atoms with Crippen molar-refractivity contribution < 1.29 is 5.11 Å². The van der Waals surface area contributed by atoms with E-state index in [9.17, 15) is 5.11 Å². The van der Waals surface area contributed by atoms with Crippen molar-refractivity contribution in [3.05, 3.63) is 143 Å². The summed E-state index contributed by atoms with van der Waals surface area (Å²) in [6.45, 7) is 12.7. The maximum atomic E-state index is 10.6. The van der Waals surface area contributed by atoms with Crippen LogP contribution < -0.4 is 5.73 Å². The van der Waals surface area contributed by atoms with Crippen LogP contribution in [-0.4, -0.2) is 23.1 Å². The fourth-order valence-electron chi connectivity index (χ4n) is 4.45. The van der Waals surface area contributed by atoms with E-state index in [2.05, 4.69) is 86.8 Å². The van der Waals surface area contributed by atoms with Gasteiger partial charge in [0.1, 0.15) is 5.75 Å². The van der Waals surface area contributed by atoms with Crippen molar-refractivity contribution in [2.75, 3.05) is 13.1 Å². The number of nitrogens with two attached hydrogens (primary N) is 1. The van der Waals surface area contributed by atoms with Crippen LogP contribution in [0.2, 0.25) is 0 Å². The van der Waals surface area contributed by atoms with E-state index in [1.54, 1.807) is 0 Å². The van der Waals surface area contributed by atoms with Crippen molar-refractivity contribution in [1.29, 1.82) is 0 Å². The lowest BCUT2D eigenvalue weighted by Crippen LogP contribution is -2.27. The average Bonchev–Trinajstić information content (AvgIpc) is 2.93. The SMILES string of the molecule is C=C(c1ccc(CCc2ccccc2)c(O)c1)N(CCN)Cc1ccccc1C.CCc1cccc(C)c1. The zero-order valence-corrected chi connectivity index (χ0v) is 23.2. The molecule has 3 nitrogen and oxygen atoms in total. The summed E-state index contributed by atoms with van der Waals surface area (Å²) in [4.78, 5) is 2.18. The summed E-state index contributed by atoms with van der Waals surface area (Å²) < 4.78 is 0. The van der Waals surface area contributed by atoms with Gasteiger partial charge in [-0.3, -0.25) is 0 Å². The molecule has 0 heterocycles. The Hall–Kier alpha value is -3.82. The van der Waals surface area contributed by atoms with Gasteiger partial charge in [-0.15, -0.1) is 0 Å². The first-order valence-corrected chi connectivity index (χ1v) is 13.5. The third-order valence-corrected chi connectivity index (χ3v) is 6.84. The summed E-state index contributed by atoms with van der Waals surface area (Å²) in [5.74, 6) is 0.322. The molecule has 0 fully saturated rings. The van der Waals surface area contributed by atoms with Crippen LogP contribution in [0, 0.1) is 13.8 Å². The standard InChI is InChI=1S/C26H30N2O.C9H12/c1-20-8-6-7-11-25(20)19-28(17-16-27)21(2)24-15-14-23(26(29)18-24)13-12-22-9-4-3-5-10-22;1-3-9-6-4-5-8(2)7-9/h3-11,14-15,18,29H,2,12-13,16-17,19,27H2,1H3;4-7H,3H2,1-2H3. The molecule has 0 radical (unpaired) electrons. The number of rotatable bonds is 10. The third kappa shape index (κ3) is 8.64. The van der Waals surface area contributed by atoms with E-state index < -0.39 is 0 Å². The Morgan fingerprint density at radius 3 is 2.13 bits per heavy atom. The lowest BCUT2D eigenvalue weighted by atomic mass is 10.0. The molecule has 3 N–H and O–H groups in total. The molecule has 4 aromatic rings. The summed E-state index contributed by atoms with van der Waals surface area (Å²) in [6.07, 6.45) is 2.85. The van der Waals surface area contributed by atoms with Crippen LogP contribution in [0.4, 0.5) is 0 Å². The molecule has 0 aliphatic rings. The number of phenolic OH excluding ortho intramolecular Hbond substituents is 1.